The molecule has 1 atom stereocenters. The molecule has 3 N–H and O–H groups in total. The van der Waals surface area contributed by atoms with Crippen LogP contribution in [0, 0.1) is 5.41 Å². The van der Waals surface area contributed by atoms with Gasteiger partial charge in [0.05, 0.1) is 24.4 Å². The van der Waals surface area contributed by atoms with E-state index in [0.717, 1.165) is 30.8 Å². The zero-order chi connectivity index (χ0) is 26.6. The second-order valence-electron chi connectivity index (χ2n) is 10.5. The standard InChI is InChI=1S/C27H40N6O4/c1-27(2)17-33(19-9-6-7-10-19)23-21(32(3)25(27)35)16-29-26(31-23)30-20-12-11-18(15-22(20)37-5)24(34)28-13-8-14-36-4/h11-12,15-16,19,24,28,34H,6-10,13-14,17H2,1-5H3,(H,29,30,31). The third-order valence-electron chi connectivity index (χ3n) is 7.25. The maximum absolute atomic E-state index is 13.2. The number of ether oxygens (including phenoxy) is 2. The lowest BCUT2D eigenvalue weighted by atomic mass is 9.91. The van der Waals surface area contributed by atoms with Gasteiger partial charge in [-0.15, -0.1) is 0 Å². The Balaban J connectivity index is 1.60. The van der Waals surface area contributed by atoms with Crippen LogP contribution in [0.1, 0.15) is 57.7 Å². The van der Waals surface area contributed by atoms with Crippen molar-refractivity contribution in [2.75, 3.05) is 56.1 Å². The minimum Gasteiger partial charge on any atom is -0.495 e. The lowest BCUT2D eigenvalue weighted by molar-refractivity contribution is -0.125. The number of benzene rings is 1. The molecule has 1 aliphatic heterocycles. The molecule has 0 spiro atoms. The van der Waals surface area contributed by atoms with E-state index in [1.165, 1.54) is 12.8 Å². The van der Waals surface area contributed by atoms with E-state index in [-0.39, 0.29) is 5.91 Å². The molecular formula is C27H40N6O4. The van der Waals surface area contributed by atoms with E-state index in [1.54, 1.807) is 38.4 Å². The normalized spacial score (nSPS) is 18.5. The van der Waals surface area contributed by atoms with Crippen molar-refractivity contribution < 1.29 is 19.4 Å². The van der Waals surface area contributed by atoms with Crippen LogP contribution in [0.25, 0.3) is 0 Å². The van der Waals surface area contributed by atoms with E-state index in [4.69, 9.17) is 14.5 Å². The number of anilines is 4. The molecule has 1 amide bonds. The number of amides is 1. The van der Waals surface area contributed by atoms with Gasteiger partial charge in [0.1, 0.15) is 17.7 Å². The fourth-order valence-corrected chi connectivity index (χ4v) is 5.20. The average Bonchev–Trinajstić information content (AvgIpc) is 3.41. The summed E-state index contributed by atoms with van der Waals surface area (Å²) in [6.07, 6.45) is 6.27. The Kier molecular flexibility index (Phi) is 8.51. The van der Waals surface area contributed by atoms with Crippen LogP contribution in [0.3, 0.4) is 0 Å². The quantitative estimate of drug-likeness (QED) is 0.325. The smallest absolute Gasteiger partial charge is 0.234 e. The number of nitrogens with one attached hydrogen (secondary N) is 2. The zero-order valence-corrected chi connectivity index (χ0v) is 22.6. The summed E-state index contributed by atoms with van der Waals surface area (Å²) in [5.41, 5.74) is 1.56. The fourth-order valence-electron chi connectivity index (χ4n) is 5.20. The molecule has 1 saturated carbocycles. The van der Waals surface area contributed by atoms with Gasteiger partial charge in [0.25, 0.3) is 0 Å². The minimum atomic E-state index is -0.819. The number of carbonyl (C=O) groups excluding carboxylic acids is 1. The Bertz CT molecular complexity index is 1090. The topological polar surface area (TPSA) is 112 Å². The molecule has 10 nitrogen and oxygen atoms in total. The molecule has 10 heteroatoms. The third-order valence-corrected chi connectivity index (χ3v) is 7.25. The van der Waals surface area contributed by atoms with Gasteiger partial charge in [-0.25, -0.2) is 4.98 Å². The zero-order valence-electron chi connectivity index (χ0n) is 22.6. The van der Waals surface area contributed by atoms with E-state index >= 15 is 0 Å². The molecule has 1 aromatic carbocycles. The van der Waals surface area contributed by atoms with Crippen LogP contribution in [-0.4, -0.2) is 68.0 Å². The molecule has 4 rings (SSSR count). The summed E-state index contributed by atoms with van der Waals surface area (Å²) in [7, 11) is 5.05. The Morgan fingerprint density at radius 3 is 2.70 bits per heavy atom. The summed E-state index contributed by atoms with van der Waals surface area (Å²) in [4.78, 5) is 26.7. The Hall–Kier alpha value is -2.95. The molecule has 202 valence electrons. The first-order valence-electron chi connectivity index (χ1n) is 13.0. The van der Waals surface area contributed by atoms with E-state index in [2.05, 4.69) is 20.5 Å². The molecule has 0 saturated heterocycles. The number of aliphatic hydroxyl groups is 1. The van der Waals surface area contributed by atoms with Gasteiger partial charge >= 0.3 is 0 Å². The van der Waals surface area contributed by atoms with Crippen LogP contribution < -0.4 is 25.2 Å². The van der Waals surface area contributed by atoms with Crippen molar-refractivity contribution in [3.05, 3.63) is 30.0 Å². The average molecular weight is 513 g/mol. The monoisotopic (exact) mass is 512 g/mol. The molecule has 2 aromatic rings. The van der Waals surface area contributed by atoms with Gasteiger partial charge in [-0.3, -0.25) is 10.1 Å². The number of hydrogen-bond acceptors (Lipinski definition) is 9. The van der Waals surface area contributed by atoms with Crippen LogP contribution >= 0.6 is 0 Å². The SMILES string of the molecule is COCCCNC(O)c1ccc(Nc2ncc3c(n2)N(C2CCCC2)CC(C)(C)C(=O)N3C)c(OC)c1. The highest BCUT2D eigenvalue weighted by Gasteiger charge is 2.41. The molecule has 1 aromatic heterocycles. The lowest BCUT2D eigenvalue weighted by Gasteiger charge is -2.34. The molecule has 0 bridgehead atoms. The van der Waals surface area contributed by atoms with Crippen LogP contribution in [0.2, 0.25) is 0 Å². The number of aliphatic hydroxyl groups excluding tert-OH is 1. The van der Waals surface area contributed by atoms with Crippen molar-refractivity contribution in [2.24, 2.45) is 5.41 Å². The van der Waals surface area contributed by atoms with Crippen molar-refractivity contribution in [1.29, 1.82) is 0 Å². The van der Waals surface area contributed by atoms with Crippen LogP contribution in [0.15, 0.2) is 24.4 Å². The summed E-state index contributed by atoms with van der Waals surface area (Å²) in [6, 6.07) is 5.82. The Morgan fingerprint density at radius 1 is 1.24 bits per heavy atom. The van der Waals surface area contributed by atoms with Gasteiger partial charge in [0, 0.05) is 33.4 Å². The van der Waals surface area contributed by atoms with Crippen LogP contribution in [0.5, 0.6) is 5.75 Å². The highest BCUT2D eigenvalue weighted by Crippen LogP contribution is 2.40. The van der Waals surface area contributed by atoms with Crippen molar-refractivity contribution in [3.63, 3.8) is 0 Å². The molecule has 1 aliphatic carbocycles. The summed E-state index contributed by atoms with van der Waals surface area (Å²) < 4.78 is 10.7. The first kappa shape index (κ1) is 27.1. The first-order chi connectivity index (χ1) is 17.7. The molecule has 2 heterocycles. The number of rotatable bonds is 10. The minimum absolute atomic E-state index is 0.0604. The largest absolute Gasteiger partial charge is 0.495 e. The number of hydrogen-bond donors (Lipinski definition) is 3. The highest BCUT2D eigenvalue weighted by molar-refractivity contribution is 6.00. The van der Waals surface area contributed by atoms with Crippen molar-refractivity contribution >= 4 is 29.0 Å². The van der Waals surface area contributed by atoms with Gasteiger partial charge in [-0.2, -0.15) is 4.98 Å². The Labute approximate surface area is 219 Å². The second-order valence-corrected chi connectivity index (χ2v) is 10.5. The number of nitrogens with zero attached hydrogens (tertiary/aromatic N) is 4. The Morgan fingerprint density at radius 2 is 2.00 bits per heavy atom. The van der Waals surface area contributed by atoms with Gasteiger partial charge < -0.3 is 29.7 Å². The van der Waals surface area contributed by atoms with Gasteiger partial charge in [-0.1, -0.05) is 18.9 Å². The van der Waals surface area contributed by atoms with Gasteiger partial charge in [0.15, 0.2) is 5.82 Å². The first-order valence-corrected chi connectivity index (χ1v) is 13.0. The highest BCUT2D eigenvalue weighted by atomic mass is 16.5. The summed E-state index contributed by atoms with van der Waals surface area (Å²) in [6.45, 7) is 5.87. The fraction of sp³-hybridized carbons (Fsp3) is 0.593. The third kappa shape index (κ3) is 5.97. The second kappa shape index (κ2) is 11.6. The van der Waals surface area contributed by atoms with E-state index in [9.17, 15) is 9.90 Å². The predicted octanol–water partition coefficient (Wildman–Crippen LogP) is 3.60. The van der Waals surface area contributed by atoms with Gasteiger partial charge in [0.2, 0.25) is 11.9 Å². The van der Waals surface area contributed by atoms with E-state index < -0.39 is 11.6 Å². The molecule has 2 aliphatic rings. The molecule has 1 unspecified atom stereocenters. The summed E-state index contributed by atoms with van der Waals surface area (Å²) >= 11 is 0. The number of aromatic nitrogens is 2. The van der Waals surface area contributed by atoms with Crippen molar-refractivity contribution in [2.45, 2.75) is 58.2 Å². The van der Waals surface area contributed by atoms with E-state index in [0.29, 0.717) is 48.7 Å². The maximum atomic E-state index is 13.2. The van der Waals surface area contributed by atoms with Crippen LogP contribution in [0.4, 0.5) is 23.1 Å². The van der Waals surface area contributed by atoms with Crippen molar-refractivity contribution in [3.8, 4) is 5.75 Å². The number of fused-ring (bicyclic) bond motifs is 1. The lowest BCUT2D eigenvalue weighted by Crippen LogP contribution is -2.45. The van der Waals surface area contributed by atoms with Gasteiger partial charge in [-0.05, 0) is 57.4 Å². The molecule has 37 heavy (non-hydrogen) atoms. The number of carbonyl (C=O) groups is 1. The van der Waals surface area contributed by atoms with E-state index in [1.807, 2.05) is 26.0 Å². The molecule has 0 radical (unpaired) electrons. The maximum Gasteiger partial charge on any atom is 0.234 e. The molecular weight excluding hydrogens is 472 g/mol. The van der Waals surface area contributed by atoms with Crippen LogP contribution in [-0.2, 0) is 9.53 Å². The predicted molar refractivity (Wildman–Crippen MR) is 145 cm³/mol. The molecule has 1 fully saturated rings. The number of methoxy groups -OCH3 is 2. The summed E-state index contributed by atoms with van der Waals surface area (Å²) in [5, 5.41) is 16.9. The van der Waals surface area contributed by atoms with Crippen molar-refractivity contribution in [1.82, 2.24) is 15.3 Å². The summed E-state index contributed by atoms with van der Waals surface area (Å²) in [5.74, 6) is 1.82.